The molecule has 26 heavy (non-hydrogen) atoms. The molecule has 5 nitrogen and oxygen atoms in total. The van der Waals surface area contributed by atoms with Crippen molar-refractivity contribution in [1.29, 1.82) is 0 Å². The van der Waals surface area contributed by atoms with Crippen LogP contribution in [-0.4, -0.2) is 50.7 Å². The van der Waals surface area contributed by atoms with E-state index in [4.69, 9.17) is 16.3 Å². The lowest BCUT2D eigenvalue weighted by Gasteiger charge is -2.19. The normalized spacial score (nSPS) is 10.9. The molecule has 0 atom stereocenters. The van der Waals surface area contributed by atoms with Crippen LogP contribution in [0.2, 0.25) is 5.02 Å². The molecule has 0 bridgehead atoms. The monoisotopic (exact) mass is 393 g/mol. The standard InChI is InChI=1S/C19H20ClNO4S/c1-24-12-11-21(13-19(23)25-2)18(22)10-8-16-7-9-17(26-16)14-3-5-15(20)6-4-14/h3-10H,11-13H2,1-2H3/b10-8+. The fourth-order valence-electron chi connectivity index (χ4n) is 2.16. The number of thiophene rings is 1. The third-order valence-electron chi connectivity index (χ3n) is 3.57. The molecule has 0 spiro atoms. The summed E-state index contributed by atoms with van der Waals surface area (Å²) >= 11 is 7.47. The summed E-state index contributed by atoms with van der Waals surface area (Å²) in [6.07, 6.45) is 3.19. The van der Waals surface area contributed by atoms with Crippen molar-refractivity contribution in [3.8, 4) is 10.4 Å². The third-order valence-corrected chi connectivity index (χ3v) is 4.92. The van der Waals surface area contributed by atoms with Gasteiger partial charge in [-0.2, -0.15) is 0 Å². The van der Waals surface area contributed by atoms with E-state index >= 15 is 0 Å². The van der Waals surface area contributed by atoms with Gasteiger partial charge in [0.2, 0.25) is 5.91 Å². The molecule has 0 aliphatic rings. The molecule has 0 N–H and O–H groups in total. The average molecular weight is 394 g/mol. The average Bonchev–Trinajstić information content (AvgIpc) is 3.12. The molecule has 2 rings (SSSR count). The van der Waals surface area contributed by atoms with E-state index < -0.39 is 5.97 Å². The third kappa shape index (κ3) is 5.98. The van der Waals surface area contributed by atoms with Gasteiger partial charge in [0, 0.05) is 34.5 Å². The minimum Gasteiger partial charge on any atom is -0.468 e. The summed E-state index contributed by atoms with van der Waals surface area (Å²) < 4.78 is 9.61. The van der Waals surface area contributed by atoms with Crippen molar-refractivity contribution in [2.24, 2.45) is 0 Å². The second-order valence-corrected chi connectivity index (χ2v) is 6.92. The Labute approximate surface area is 161 Å². The first-order valence-electron chi connectivity index (χ1n) is 7.92. The van der Waals surface area contributed by atoms with Gasteiger partial charge in [-0.1, -0.05) is 23.7 Å². The van der Waals surface area contributed by atoms with E-state index in [1.165, 1.54) is 18.1 Å². The van der Waals surface area contributed by atoms with E-state index in [1.807, 2.05) is 36.4 Å². The number of esters is 1. The molecule has 0 unspecified atom stereocenters. The highest BCUT2D eigenvalue weighted by atomic mass is 35.5. The highest BCUT2D eigenvalue weighted by molar-refractivity contribution is 7.16. The van der Waals surface area contributed by atoms with E-state index in [0.29, 0.717) is 18.2 Å². The molecule has 0 fully saturated rings. The van der Waals surface area contributed by atoms with Crippen LogP contribution in [0.3, 0.4) is 0 Å². The molecule has 2 aromatic rings. The number of halogens is 1. The van der Waals surface area contributed by atoms with Crippen LogP contribution in [0.15, 0.2) is 42.5 Å². The quantitative estimate of drug-likeness (QED) is 0.506. The van der Waals surface area contributed by atoms with Gasteiger partial charge in [-0.05, 0) is 35.9 Å². The lowest BCUT2D eigenvalue weighted by atomic mass is 10.2. The van der Waals surface area contributed by atoms with Crippen molar-refractivity contribution < 1.29 is 19.1 Å². The van der Waals surface area contributed by atoms with Crippen molar-refractivity contribution >= 4 is 40.9 Å². The Morgan fingerprint density at radius 1 is 1.15 bits per heavy atom. The Kier molecular flexibility index (Phi) is 7.84. The Morgan fingerprint density at radius 2 is 1.88 bits per heavy atom. The van der Waals surface area contributed by atoms with Crippen LogP contribution in [0.5, 0.6) is 0 Å². The van der Waals surface area contributed by atoms with Gasteiger partial charge in [-0.15, -0.1) is 11.3 Å². The van der Waals surface area contributed by atoms with Crippen molar-refractivity contribution in [2.75, 3.05) is 33.9 Å². The molecule has 0 saturated heterocycles. The molecule has 1 aromatic carbocycles. The summed E-state index contributed by atoms with van der Waals surface area (Å²) in [5.41, 5.74) is 1.07. The highest BCUT2D eigenvalue weighted by Crippen LogP contribution is 2.29. The summed E-state index contributed by atoms with van der Waals surface area (Å²) in [5, 5.41) is 0.692. The van der Waals surface area contributed by atoms with Gasteiger partial charge >= 0.3 is 5.97 Å². The van der Waals surface area contributed by atoms with Gasteiger partial charge in [-0.25, -0.2) is 0 Å². The van der Waals surface area contributed by atoms with E-state index in [-0.39, 0.29) is 12.5 Å². The van der Waals surface area contributed by atoms with Crippen molar-refractivity contribution in [1.82, 2.24) is 4.90 Å². The van der Waals surface area contributed by atoms with E-state index in [1.54, 1.807) is 24.5 Å². The molecule has 1 aromatic heterocycles. The molecule has 0 radical (unpaired) electrons. The van der Waals surface area contributed by atoms with E-state index in [9.17, 15) is 9.59 Å². The predicted molar refractivity (Wildman–Crippen MR) is 104 cm³/mol. The van der Waals surface area contributed by atoms with Crippen molar-refractivity contribution in [3.05, 3.63) is 52.4 Å². The zero-order chi connectivity index (χ0) is 18.9. The SMILES string of the molecule is COCCN(CC(=O)OC)C(=O)/C=C/c1ccc(-c2ccc(Cl)cc2)s1. The van der Waals surface area contributed by atoms with Crippen molar-refractivity contribution in [3.63, 3.8) is 0 Å². The molecule has 0 aliphatic heterocycles. The number of methoxy groups -OCH3 is 2. The first-order valence-corrected chi connectivity index (χ1v) is 9.11. The Hall–Kier alpha value is -2.15. The van der Waals surface area contributed by atoms with Crippen LogP contribution >= 0.6 is 22.9 Å². The Morgan fingerprint density at radius 3 is 2.54 bits per heavy atom. The molecule has 0 aliphatic carbocycles. The molecular weight excluding hydrogens is 374 g/mol. The van der Waals surface area contributed by atoms with Gasteiger partial charge in [0.15, 0.2) is 0 Å². The largest absolute Gasteiger partial charge is 0.468 e. The van der Waals surface area contributed by atoms with Gasteiger partial charge in [-0.3, -0.25) is 9.59 Å². The Balaban J connectivity index is 2.05. The number of carbonyl (C=O) groups excluding carboxylic acids is 2. The maximum atomic E-state index is 12.4. The summed E-state index contributed by atoms with van der Waals surface area (Å²) in [5.74, 6) is -0.738. The second kappa shape index (κ2) is 10.1. The zero-order valence-corrected chi connectivity index (χ0v) is 16.2. The van der Waals surface area contributed by atoms with Crippen LogP contribution < -0.4 is 0 Å². The number of benzene rings is 1. The van der Waals surface area contributed by atoms with Gasteiger partial charge in [0.05, 0.1) is 13.7 Å². The summed E-state index contributed by atoms with van der Waals surface area (Å²) in [6, 6.07) is 11.5. The summed E-state index contributed by atoms with van der Waals surface area (Å²) in [4.78, 5) is 27.2. The zero-order valence-electron chi connectivity index (χ0n) is 14.6. The number of hydrogen-bond acceptors (Lipinski definition) is 5. The fraction of sp³-hybridized carbons (Fsp3) is 0.263. The number of carbonyl (C=O) groups is 2. The van der Waals surface area contributed by atoms with Crippen LogP contribution in [0.4, 0.5) is 0 Å². The Bertz CT molecular complexity index is 770. The van der Waals surface area contributed by atoms with E-state index in [0.717, 1.165) is 15.3 Å². The second-order valence-electron chi connectivity index (χ2n) is 5.37. The number of nitrogens with zero attached hydrogens (tertiary/aromatic N) is 1. The maximum Gasteiger partial charge on any atom is 0.325 e. The maximum absolute atomic E-state index is 12.4. The van der Waals surface area contributed by atoms with Gasteiger partial charge in [0.1, 0.15) is 6.54 Å². The first kappa shape index (κ1) is 20.2. The number of hydrogen-bond donors (Lipinski definition) is 0. The van der Waals surface area contributed by atoms with Gasteiger partial charge in [0.25, 0.3) is 0 Å². The van der Waals surface area contributed by atoms with Crippen LogP contribution in [-0.2, 0) is 19.1 Å². The lowest BCUT2D eigenvalue weighted by molar-refractivity contribution is -0.145. The number of amides is 1. The molecule has 7 heteroatoms. The first-order chi connectivity index (χ1) is 12.5. The van der Waals surface area contributed by atoms with Crippen LogP contribution in [0.25, 0.3) is 16.5 Å². The van der Waals surface area contributed by atoms with Gasteiger partial charge < -0.3 is 14.4 Å². The minimum atomic E-state index is -0.469. The van der Waals surface area contributed by atoms with Crippen LogP contribution in [0.1, 0.15) is 4.88 Å². The van der Waals surface area contributed by atoms with E-state index in [2.05, 4.69) is 4.74 Å². The molecule has 138 valence electrons. The van der Waals surface area contributed by atoms with Crippen LogP contribution in [0, 0.1) is 0 Å². The minimum absolute atomic E-state index is 0.108. The van der Waals surface area contributed by atoms with Crippen molar-refractivity contribution in [2.45, 2.75) is 0 Å². The highest BCUT2D eigenvalue weighted by Gasteiger charge is 2.15. The topological polar surface area (TPSA) is 55.8 Å². The smallest absolute Gasteiger partial charge is 0.325 e. The molecular formula is C19H20ClNO4S. The summed E-state index contributed by atoms with van der Waals surface area (Å²) in [7, 11) is 2.83. The summed E-state index contributed by atoms with van der Waals surface area (Å²) in [6.45, 7) is 0.551. The molecule has 0 saturated carbocycles. The fourth-order valence-corrected chi connectivity index (χ4v) is 3.20. The number of rotatable bonds is 8. The number of ether oxygens (including phenoxy) is 2. The lowest BCUT2D eigenvalue weighted by Crippen LogP contribution is -2.37. The predicted octanol–water partition coefficient (Wildman–Crippen LogP) is 3.73. The molecule has 1 amide bonds. The molecule has 1 heterocycles.